The molecule has 1 aliphatic rings. The van der Waals surface area contributed by atoms with Crippen molar-refractivity contribution in [1.82, 2.24) is 15.6 Å². The van der Waals surface area contributed by atoms with Gasteiger partial charge in [0, 0.05) is 37.2 Å². The van der Waals surface area contributed by atoms with Crippen LogP contribution < -0.4 is 10.6 Å². The molecule has 0 fully saturated rings. The molecule has 1 atom stereocenters. The minimum absolute atomic E-state index is 0.231. The Morgan fingerprint density at radius 1 is 1.09 bits per heavy atom. The van der Waals surface area contributed by atoms with Gasteiger partial charge in [0.1, 0.15) is 0 Å². The first kappa shape index (κ1) is 26.1. The molecule has 188 valence electrons. The van der Waals surface area contributed by atoms with Gasteiger partial charge in [0.25, 0.3) is 6.43 Å². The van der Waals surface area contributed by atoms with Gasteiger partial charge in [0.15, 0.2) is 5.54 Å². The standard InChI is InChI=1S/C22H17F8N3O2/c1-11(34)31-10-16-15(17-7-2-12(9-32-17)18(23)24)8-20(22(28,29)30,33-19(16)35)13-3-5-14(6-4-13)21(25,26)27/h2-7,9,18H,8,10H2,1H3,(H,31,34)(H,33,35)/t20-/m0/s1. The zero-order valence-electron chi connectivity index (χ0n) is 17.8. The quantitative estimate of drug-likeness (QED) is 0.566. The van der Waals surface area contributed by atoms with E-state index in [2.05, 4.69) is 10.3 Å². The van der Waals surface area contributed by atoms with Crippen LogP contribution in [0.15, 0.2) is 48.2 Å². The van der Waals surface area contributed by atoms with Crippen LogP contribution in [0.3, 0.4) is 0 Å². The summed E-state index contributed by atoms with van der Waals surface area (Å²) in [5.41, 5.74) is -6.36. The number of hydrogen-bond donors (Lipinski definition) is 2. The van der Waals surface area contributed by atoms with Crippen molar-refractivity contribution >= 4 is 17.4 Å². The van der Waals surface area contributed by atoms with Gasteiger partial charge >= 0.3 is 12.4 Å². The number of carbonyl (C=O) groups excluding carboxylic acids is 2. The second-order valence-electron chi connectivity index (χ2n) is 7.75. The molecule has 5 nitrogen and oxygen atoms in total. The van der Waals surface area contributed by atoms with Crippen molar-refractivity contribution in [3.8, 4) is 0 Å². The van der Waals surface area contributed by atoms with Crippen molar-refractivity contribution in [3.05, 3.63) is 70.6 Å². The number of benzene rings is 1. The molecule has 0 saturated carbocycles. The van der Waals surface area contributed by atoms with Crippen LogP contribution in [0.25, 0.3) is 5.57 Å². The van der Waals surface area contributed by atoms with E-state index in [9.17, 15) is 44.7 Å². The maximum absolute atomic E-state index is 14.4. The molecule has 35 heavy (non-hydrogen) atoms. The predicted molar refractivity (Wildman–Crippen MR) is 107 cm³/mol. The molecular formula is C22H17F8N3O2. The van der Waals surface area contributed by atoms with Crippen LogP contribution in [-0.4, -0.2) is 29.5 Å². The van der Waals surface area contributed by atoms with Crippen molar-refractivity contribution in [2.45, 2.75) is 37.7 Å². The summed E-state index contributed by atoms with van der Waals surface area (Å²) in [6.07, 6.45) is -13.2. The fraction of sp³-hybridized carbons (Fsp3) is 0.318. The van der Waals surface area contributed by atoms with Crippen molar-refractivity contribution < 1.29 is 44.7 Å². The smallest absolute Gasteiger partial charge is 0.352 e. The fourth-order valence-electron chi connectivity index (χ4n) is 3.63. The van der Waals surface area contributed by atoms with Gasteiger partial charge in [-0.2, -0.15) is 26.3 Å². The van der Waals surface area contributed by atoms with E-state index in [0.717, 1.165) is 25.3 Å². The summed E-state index contributed by atoms with van der Waals surface area (Å²) in [6.45, 7) is 0.620. The van der Waals surface area contributed by atoms with Gasteiger partial charge in [0.05, 0.1) is 11.3 Å². The van der Waals surface area contributed by atoms with E-state index in [-0.39, 0.29) is 16.8 Å². The van der Waals surface area contributed by atoms with Gasteiger partial charge in [-0.15, -0.1) is 0 Å². The van der Waals surface area contributed by atoms with E-state index >= 15 is 0 Å². The first-order valence-electron chi connectivity index (χ1n) is 9.93. The third kappa shape index (κ3) is 5.28. The predicted octanol–water partition coefficient (Wildman–Crippen LogP) is 4.91. The lowest BCUT2D eigenvalue weighted by Crippen LogP contribution is -2.59. The maximum atomic E-state index is 14.4. The number of amides is 2. The molecule has 0 saturated heterocycles. The van der Waals surface area contributed by atoms with Crippen LogP contribution in [0.4, 0.5) is 35.1 Å². The molecule has 13 heteroatoms. The molecule has 1 aromatic heterocycles. The Bertz CT molecular complexity index is 1140. The molecule has 1 aromatic carbocycles. The number of nitrogens with zero attached hydrogens (tertiary/aromatic N) is 1. The number of rotatable bonds is 5. The molecule has 0 bridgehead atoms. The lowest BCUT2D eigenvalue weighted by molar-refractivity contribution is -0.201. The summed E-state index contributed by atoms with van der Waals surface area (Å²) in [7, 11) is 0. The molecule has 1 aliphatic heterocycles. The Kier molecular flexibility index (Phi) is 6.91. The van der Waals surface area contributed by atoms with Crippen LogP contribution in [0.2, 0.25) is 0 Å². The summed E-state index contributed by atoms with van der Waals surface area (Å²) in [5.74, 6) is -1.85. The molecule has 2 aromatic rings. The minimum Gasteiger partial charge on any atom is -0.352 e. The van der Waals surface area contributed by atoms with Gasteiger partial charge in [-0.25, -0.2) is 8.78 Å². The zero-order valence-corrected chi connectivity index (χ0v) is 17.8. The second kappa shape index (κ2) is 9.27. The summed E-state index contributed by atoms with van der Waals surface area (Å²) in [4.78, 5) is 28.0. The highest BCUT2D eigenvalue weighted by atomic mass is 19.4. The number of nitrogens with one attached hydrogen (secondary N) is 2. The van der Waals surface area contributed by atoms with Gasteiger partial charge in [0.2, 0.25) is 11.8 Å². The summed E-state index contributed by atoms with van der Waals surface area (Å²) in [5, 5.41) is 4.14. The average molecular weight is 507 g/mol. The highest BCUT2D eigenvalue weighted by Crippen LogP contribution is 2.48. The van der Waals surface area contributed by atoms with Crippen LogP contribution in [0, 0.1) is 0 Å². The topological polar surface area (TPSA) is 71.1 Å². The largest absolute Gasteiger partial charge is 0.416 e. The van der Waals surface area contributed by atoms with Gasteiger partial charge in [-0.3, -0.25) is 14.6 Å². The second-order valence-corrected chi connectivity index (χ2v) is 7.75. The molecule has 2 N–H and O–H groups in total. The third-order valence-electron chi connectivity index (χ3n) is 5.46. The molecule has 2 heterocycles. The van der Waals surface area contributed by atoms with Crippen LogP contribution >= 0.6 is 0 Å². The zero-order chi connectivity index (χ0) is 26.2. The highest BCUT2D eigenvalue weighted by Gasteiger charge is 2.59. The molecule has 0 radical (unpaired) electrons. The number of halogens is 8. The fourth-order valence-corrected chi connectivity index (χ4v) is 3.63. The monoisotopic (exact) mass is 507 g/mol. The molecule has 2 amide bonds. The van der Waals surface area contributed by atoms with E-state index in [1.807, 2.05) is 5.32 Å². The Labute approximate surface area is 193 Å². The molecular weight excluding hydrogens is 490 g/mol. The number of alkyl halides is 8. The maximum Gasteiger partial charge on any atom is 0.416 e. The van der Waals surface area contributed by atoms with Gasteiger partial charge < -0.3 is 10.6 Å². The minimum atomic E-state index is -5.18. The lowest BCUT2D eigenvalue weighted by atomic mass is 9.77. The molecule has 0 aliphatic carbocycles. The Balaban J connectivity index is 2.18. The van der Waals surface area contributed by atoms with E-state index in [0.29, 0.717) is 24.3 Å². The lowest BCUT2D eigenvalue weighted by Gasteiger charge is -2.41. The van der Waals surface area contributed by atoms with Crippen molar-refractivity contribution in [2.75, 3.05) is 6.54 Å². The van der Waals surface area contributed by atoms with E-state index in [1.165, 1.54) is 0 Å². The summed E-state index contributed by atoms with van der Waals surface area (Å²) >= 11 is 0. The Hall–Kier alpha value is -3.51. The van der Waals surface area contributed by atoms with Crippen molar-refractivity contribution in [2.24, 2.45) is 0 Å². The van der Waals surface area contributed by atoms with Gasteiger partial charge in [-0.1, -0.05) is 12.1 Å². The Morgan fingerprint density at radius 3 is 2.17 bits per heavy atom. The number of hydrogen-bond acceptors (Lipinski definition) is 3. The highest BCUT2D eigenvalue weighted by molar-refractivity contribution is 6.04. The van der Waals surface area contributed by atoms with Gasteiger partial charge in [-0.05, 0) is 35.4 Å². The van der Waals surface area contributed by atoms with Crippen molar-refractivity contribution in [1.29, 1.82) is 0 Å². The number of aromatic nitrogens is 1. The SMILES string of the molecule is CC(=O)NCC1=C(c2ccc(C(F)F)cn2)C[C@](c2ccc(C(F)(F)F)cc2)(C(F)(F)F)NC1=O. The van der Waals surface area contributed by atoms with E-state index < -0.39 is 65.8 Å². The first-order valence-corrected chi connectivity index (χ1v) is 9.93. The average Bonchev–Trinajstić information content (AvgIpc) is 2.76. The van der Waals surface area contributed by atoms with E-state index in [4.69, 9.17) is 0 Å². The number of pyridine rings is 1. The van der Waals surface area contributed by atoms with E-state index in [1.54, 1.807) is 0 Å². The Morgan fingerprint density at radius 2 is 1.71 bits per heavy atom. The molecule has 0 spiro atoms. The molecule has 3 rings (SSSR count). The summed E-state index contributed by atoms with van der Waals surface area (Å²) < 4.78 is 108. The summed E-state index contributed by atoms with van der Waals surface area (Å²) in [6, 6.07) is 4.08. The van der Waals surface area contributed by atoms with Crippen LogP contribution in [-0.2, 0) is 21.3 Å². The normalized spacial score (nSPS) is 19.1. The first-order chi connectivity index (χ1) is 16.2. The van der Waals surface area contributed by atoms with Crippen LogP contribution in [0.5, 0.6) is 0 Å². The molecule has 0 unspecified atom stereocenters. The third-order valence-corrected chi connectivity index (χ3v) is 5.46. The van der Waals surface area contributed by atoms with Crippen molar-refractivity contribution in [3.63, 3.8) is 0 Å². The van der Waals surface area contributed by atoms with Crippen LogP contribution in [0.1, 0.15) is 42.2 Å². The number of carbonyl (C=O) groups is 2.